The van der Waals surface area contributed by atoms with Gasteiger partial charge in [-0.25, -0.2) is 17.6 Å². The largest absolute Gasteiger partial charge is 0.451 e. The molecule has 1 saturated heterocycles. The van der Waals surface area contributed by atoms with Gasteiger partial charge in [0.2, 0.25) is 0 Å². The summed E-state index contributed by atoms with van der Waals surface area (Å²) < 4.78 is 119. The maximum absolute atomic E-state index is 13.4. The number of alkyl halides is 9. The molecule has 1 fully saturated rings. The molecular formula is C7H5F9O2. The molecule has 2 unspecified atom stereocenters. The molecule has 0 aromatic rings. The molecular weight excluding hydrogens is 287 g/mol. The SMILES string of the molecule is CC(F)(F)C1(F)OC(F)(F)C(F)(F)OC1(F)CF. The molecule has 0 radical (unpaired) electrons. The number of halogens is 9. The fraction of sp³-hybridized carbons (Fsp3) is 1.00. The van der Waals surface area contributed by atoms with E-state index >= 15 is 0 Å². The van der Waals surface area contributed by atoms with Crippen LogP contribution in [0.2, 0.25) is 0 Å². The van der Waals surface area contributed by atoms with E-state index in [4.69, 9.17) is 0 Å². The molecule has 1 rings (SSSR count). The molecule has 0 N–H and O–H groups in total. The van der Waals surface area contributed by atoms with Crippen molar-refractivity contribution in [1.82, 2.24) is 0 Å². The lowest BCUT2D eigenvalue weighted by Crippen LogP contribution is -2.73. The van der Waals surface area contributed by atoms with Gasteiger partial charge in [0.1, 0.15) is 0 Å². The van der Waals surface area contributed by atoms with Crippen LogP contribution in [0, 0.1) is 0 Å². The summed E-state index contributed by atoms with van der Waals surface area (Å²) in [6, 6.07) is 0. The highest BCUT2D eigenvalue weighted by atomic mass is 19.3. The minimum Gasteiger partial charge on any atom is -0.268 e. The van der Waals surface area contributed by atoms with Crippen molar-refractivity contribution in [1.29, 1.82) is 0 Å². The predicted octanol–water partition coefficient (Wildman–Crippen LogP) is 3.18. The summed E-state index contributed by atoms with van der Waals surface area (Å²) in [6.45, 7) is -3.35. The molecule has 0 aromatic carbocycles. The summed E-state index contributed by atoms with van der Waals surface area (Å²) in [6.07, 6.45) is -11.7. The van der Waals surface area contributed by atoms with Crippen LogP contribution >= 0.6 is 0 Å². The van der Waals surface area contributed by atoms with Crippen molar-refractivity contribution >= 4 is 0 Å². The summed E-state index contributed by atoms with van der Waals surface area (Å²) in [7, 11) is 0. The van der Waals surface area contributed by atoms with Crippen molar-refractivity contribution in [3.8, 4) is 0 Å². The third kappa shape index (κ3) is 1.83. The Kier molecular flexibility index (Phi) is 3.11. The van der Waals surface area contributed by atoms with Crippen molar-refractivity contribution in [2.45, 2.75) is 36.8 Å². The summed E-state index contributed by atoms with van der Waals surface area (Å²) in [5, 5.41) is 0. The molecule has 2 nitrogen and oxygen atoms in total. The minimum atomic E-state index is -5.90. The second-order valence-electron chi connectivity index (χ2n) is 3.58. The second-order valence-corrected chi connectivity index (χ2v) is 3.58. The Balaban J connectivity index is 3.35. The van der Waals surface area contributed by atoms with Crippen LogP contribution in [0.4, 0.5) is 39.5 Å². The zero-order valence-electron chi connectivity index (χ0n) is 8.43. The van der Waals surface area contributed by atoms with Gasteiger partial charge in [-0.2, -0.15) is 22.0 Å². The van der Waals surface area contributed by atoms with Crippen LogP contribution in [0.5, 0.6) is 0 Å². The lowest BCUT2D eigenvalue weighted by molar-refractivity contribution is -0.584. The summed E-state index contributed by atoms with van der Waals surface area (Å²) in [5.41, 5.74) is 0. The van der Waals surface area contributed by atoms with Crippen LogP contribution in [0.1, 0.15) is 6.92 Å². The molecule has 11 heteroatoms. The van der Waals surface area contributed by atoms with Gasteiger partial charge in [-0.05, 0) is 0 Å². The Morgan fingerprint density at radius 2 is 1.28 bits per heavy atom. The fourth-order valence-corrected chi connectivity index (χ4v) is 1.17. The Labute approximate surface area is 93.6 Å². The molecule has 1 heterocycles. The molecule has 2 atom stereocenters. The third-order valence-corrected chi connectivity index (χ3v) is 2.11. The van der Waals surface area contributed by atoms with Gasteiger partial charge in [0.05, 0.1) is 0 Å². The third-order valence-electron chi connectivity index (χ3n) is 2.11. The average molecular weight is 292 g/mol. The topological polar surface area (TPSA) is 18.5 Å². The van der Waals surface area contributed by atoms with Crippen molar-refractivity contribution in [3.05, 3.63) is 0 Å². The van der Waals surface area contributed by atoms with E-state index in [1.54, 1.807) is 0 Å². The molecule has 18 heavy (non-hydrogen) atoms. The van der Waals surface area contributed by atoms with E-state index in [2.05, 4.69) is 9.47 Å². The molecule has 0 bridgehead atoms. The van der Waals surface area contributed by atoms with Crippen molar-refractivity contribution in [2.24, 2.45) is 0 Å². The minimum absolute atomic E-state index is 0.458. The molecule has 1 aliphatic rings. The average Bonchev–Trinajstić information content (AvgIpc) is 2.12. The van der Waals surface area contributed by atoms with Crippen LogP contribution < -0.4 is 0 Å². The van der Waals surface area contributed by atoms with E-state index < -0.39 is 43.4 Å². The molecule has 0 saturated carbocycles. The second kappa shape index (κ2) is 3.65. The quantitative estimate of drug-likeness (QED) is 0.728. The summed E-state index contributed by atoms with van der Waals surface area (Å²) >= 11 is 0. The first-order chi connectivity index (χ1) is 7.72. The lowest BCUT2D eigenvalue weighted by Gasteiger charge is -2.47. The van der Waals surface area contributed by atoms with E-state index in [1.165, 1.54) is 0 Å². The van der Waals surface area contributed by atoms with Gasteiger partial charge < -0.3 is 0 Å². The van der Waals surface area contributed by atoms with Gasteiger partial charge in [0.15, 0.2) is 6.67 Å². The Morgan fingerprint density at radius 1 is 0.889 bits per heavy atom. The predicted molar refractivity (Wildman–Crippen MR) is 36.3 cm³/mol. The molecule has 0 spiro atoms. The number of hydrogen-bond acceptors (Lipinski definition) is 2. The van der Waals surface area contributed by atoms with E-state index in [0.717, 1.165) is 0 Å². The molecule has 0 amide bonds. The van der Waals surface area contributed by atoms with Gasteiger partial charge in [0, 0.05) is 6.92 Å². The van der Waals surface area contributed by atoms with Crippen molar-refractivity contribution in [3.63, 3.8) is 0 Å². The zero-order chi connectivity index (χ0) is 14.6. The zero-order valence-corrected chi connectivity index (χ0v) is 8.43. The number of ether oxygens (including phenoxy) is 2. The highest BCUT2D eigenvalue weighted by molar-refractivity contribution is 5.01. The number of hydrogen-bond donors (Lipinski definition) is 0. The van der Waals surface area contributed by atoms with Crippen LogP contribution in [0.3, 0.4) is 0 Å². The van der Waals surface area contributed by atoms with Gasteiger partial charge in [-0.1, -0.05) is 0 Å². The first-order valence-corrected chi connectivity index (χ1v) is 4.20. The van der Waals surface area contributed by atoms with Gasteiger partial charge in [-0.15, -0.1) is 0 Å². The normalized spacial score (nSPS) is 39.7. The van der Waals surface area contributed by atoms with Crippen LogP contribution in [-0.2, 0) is 9.47 Å². The Bertz CT molecular complexity index is 340. The van der Waals surface area contributed by atoms with Crippen LogP contribution in [0.25, 0.3) is 0 Å². The molecule has 0 aromatic heterocycles. The first-order valence-electron chi connectivity index (χ1n) is 4.20. The standard InChI is InChI=1S/C7H5F9O2/c1-3(9,10)5(12)4(11,2-8)17-6(13,14)7(15,16)18-5/h2H2,1H3. The van der Waals surface area contributed by atoms with Crippen molar-refractivity contribution < 1.29 is 49.0 Å². The Hall–Kier alpha value is -0.710. The van der Waals surface area contributed by atoms with E-state index in [1.807, 2.05) is 0 Å². The van der Waals surface area contributed by atoms with E-state index in [-0.39, 0.29) is 0 Å². The highest BCUT2D eigenvalue weighted by Gasteiger charge is 2.83. The highest BCUT2D eigenvalue weighted by Crippen LogP contribution is 2.57. The maximum Gasteiger partial charge on any atom is 0.451 e. The molecule has 108 valence electrons. The summed E-state index contributed by atoms with van der Waals surface area (Å²) in [5.74, 6) is -15.6. The fourth-order valence-electron chi connectivity index (χ4n) is 1.17. The van der Waals surface area contributed by atoms with E-state index in [0.29, 0.717) is 0 Å². The molecule has 0 aliphatic carbocycles. The van der Waals surface area contributed by atoms with Crippen LogP contribution in [-0.4, -0.2) is 36.5 Å². The molecule has 1 aliphatic heterocycles. The maximum atomic E-state index is 13.4. The summed E-state index contributed by atoms with van der Waals surface area (Å²) in [4.78, 5) is 0. The van der Waals surface area contributed by atoms with Gasteiger partial charge >= 0.3 is 29.8 Å². The Morgan fingerprint density at radius 3 is 1.61 bits per heavy atom. The number of rotatable bonds is 2. The monoisotopic (exact) mass is 292 g/mol. The first kappa shape index (κ1) is 15.3. The van der Waals surface area contributed by atoms with Gasteiger partial charge in [-0.3, -0.25) is 9.47 Å². The van der Waals surface area contributed by atoms with Crippen LogP contribution in [0.15, 0.2) is 0 Å². The van der Waals surface area contributed by atoms with Gasteiger partial charge in [0.25, 0.3) is 0 Å². The van der Waals surface area contributed by atoms with Crippen molar-refractivity contribution in [2.75, 3.05) is 6.67 Å². The smallest absolute Gasteiger partial charge is 0.268 e. The lowest BCUT2D eigenvalue weighted by atomic mass is 10.0. The van der Waals surface area contributed by atoms with E-state index in [9.17, 15) is 39.5 Å².